The molecule has 26 heavy (non-hydrogen) atoms. The van der Waals surface area contributed by atoms with Crippen molar-refractivity contribution in [2.75, 3.05) is 17.6 Å². The lowest BCUT2D eigenvalue weighted by Crippen LogP contribution is -2.33. The highest BCUT2D eigenvalue weighted by Gasteiger charge is 2.11. The third-order valence-electron chi connectivity index (χ3n) is 3.23. The molecule has 3 aromatic rings. The Balaban J connectivity index is 1.44. The van der Waals surface area contributed by atoms with Crippen molar-refractivity contribution in [3.8, 4) is 0 Å². The second-order valence-corrected chi connectivity index (χ2v) is 6.58. The largest absolute Gasteiger partial charge is 0.431 e. The maximum absolute atomic E-state index is 12.8. The van der Waals surface area contributed by atoms with Crippen molar-refractivity contribution in [1.29, 1.82) is 0 Å². The number of hydrogen-bond donors (Lipinski definition) is 2. The van der Waals surface area contributed by atoms with Crippen LogP contribution in [0, 0.1) is 5.82 Å². The van der Waals surface area contributed by atoms with Crippen molar-refractivity contribution in [1.82, 2.24) is 10.3 Å². The predicted molar refractivity (Wildman–Crippen MR) is 97.8 cm³/mol. The van der Waals surface area contributed by atoms with Gasteiger partial charge >= 0.3 is 0 Å². The van der Waals surface area contributed by atoms with E-state index in [0.29, 0.717) is 27.0 Å². The quantitative estimate of drug-likeness (QED) is 0.626. The van der Waals surface area contributed by atoms with Crippen molar-refractivity contribution >= 4 is 52.0 Å². The summed E-state index contributed by atoms with van der Waals surface area (Å²) in [5.41, 5.74) is 1.64. The minimum Gasteiger partial charge on any atom is -0.431 e. The van der Waals surface area contributed by atoms with E-state index in [1.54, 1.807) is 18.2 Å². The molecule has 6 nitrogen and oxygen atoms in total. The Morgan fingerprint density at radius 3 is 2.69 bits per heavy atom. The van der Waals surface area contributed by atoms with Crippen LogP contribution in [0.4, 0.5) is 10.1 Å². The first kappa shape index (κ1) is 18.2. The van der Waals surface area contributed by atoms with Crippen LogP contribution in [-0.4, -0.2) is 29.1 Å². The lowest BCUT2D eigenvalue weighted by Gasteiger charge is -2.06. The second kappa shape index (κ2) is 8.20. The Morgan fingerprint density at radius 2 is 1.92 bits per heavy atom. The number of hydrogen-bond acceptors (Lipinski definition) is 5. The Hall–Kier alpha value is -2.58. The number of carbonyl (C=O) groups excluding carboxylic acids is 2. The number of thioether (sulfide) groups is 1. The molecule has 3 rings (SSSR count). The van der Waals surface area contributed by atoms with Crippen molar-refractivity contribution < 1.29 is 18.4 Å². The van der Waals surface area contributed by atoms with E-state index in [9.17, 15) is 14.0 Å². The number of benzene rings is 2. The molecule has 0 saturated heterocycles. The molecule has 0 aliphatic rings. The molecule has 0 fully saturated rings. The molecule has 0 radical (unpaired) electrons. The van der Waals surface area contributed by atoms with E-state index in [4.69, 9.17) is 16.0 Å². The number of fused-ring (bicyclic) bond motifs is 1. The number of halogens is 2. The highest BCUT2D eigenvalue weighted by Crippen LogP contribution is 2.25. The number of rotatable bonds is 6. The van der Waals surface area contributed by atoms with Gasteiger partial charge in [-0.3, -0.25) is 9.59 Å². The van der Waals surface area contributed by atoms with Gasteiger partial charge in [-0.05, 0) is 36.4 Å². The van der Waals surface area contributed by atoms with Crippen molar-refractivity contribution in [2.24, 2.45) is 0 Å². The number of aromatic nitrogens is 1. The zero-order chi connectivity index (χ0) is 18.5. The van der Waals surface area contributed by atoms with E-state index in [0.717, 1.165) is 11.8 Å². The minimum absolute atomic E-state index is 0.0460. The molecule has 0 saturated carbocycles. The van der Waals surface area contributed by atoms with Crippen LogP contribution >= 0.6 is 23.4 Å². The predicted octanol–water partition coefficient (Wildman–Crippen LogP) is 3.47. The highest BCUT2D eigenvalue weighted by atomic mass is 35.5. The molecule has 134 valence electrons. The molecule has 2 N–H and O–H groups in total. The average molecular weight is 394 g/mol. The van der Waals surface area contributed by atoms with Gasteiger partial charge in [-0.15, -0.1) is 0 Å². The first-order chi connectivity index (χ1) is 12.5. The maximum atomic E-state index is 12.8. The van der Waals surface area contributed by atoms with Gasteiger partial charge in [0.1, 0.15) is 11.3 Å². The third-order valence-corrected chi connectivity index (χ3v) is 4.29. The number of anilines is 1. The Kier molecular flexibility index (Phi) is 5.75. The number of nitrogens with one attached hydrogen (secondary N) is 2. The van der Waals surface area contributed by atoms with Gasteiger partial charge in [0.05, 0.1) is 12.3 Å². The minimum atomic E-state index is -0.411. The Bertz CT molecular complexity index is 946. The highest BCUT2D eigenvalue weighted by molar-refractivity contribution is 7.99. The van der Waals surface area contributed by atoms with Crippen LogP contribution < -0.4 is 10.6 Å². The normalized spacial score (nSPS) is 10.7. The molecule has 1 heterocycles. The molecule has 1 aromatic heterocycles. The fraction of sp³-hybridized carbons (Fsp3) is 0.118. The van der Waals surface area contributed by atoms with Gasteiger partial charge in [0, 0.05) is 16.8 Å². The number of oxazole rings is 1. The summed E-state index contributed by atoms with van der Waals surface area (Å²) in [5, 5.41) is 5.92. The molecular weight excluding hydrogens is 381 g/mol. The van der Waals surface area contributed by atoms with Gasteiger partial charge in [0.25, 0.3) is 5.22 Å². The zero-order valence-corrected chi connectivity index (χ0v) is 14.9. The molecule has 2 aromatic carbocycles. The molecule has 9 heteroatoms. The fourth-order valence-corrected chi connectivity index (χ4v) is 2.86. The maximum Gasteiger partial charge on any atom is 0.257 e. The molecule has 2 amide bonds. The van der Waals surface area contributed by atoms with E-state index >= 15 is 0 Å². The van der Waals surface area contributed by atoms with Crippen LogP contribution in [0.25, 0.3) is 11.1 Å². The second-order valence-electron chi connectivity index (χ2n) is 5.21. The first-order valence-corrected chi connectivity index (χ1v) is 8.87. The summed E-state index contributed by atoms with van der Waals surface area (Å²) in [4.78, 5) is 27.8. The zero-order valence-electron chi connectivity index (χ0n) is 13.3. The van der Waals surface area contributed by atoms with Crippen LogP contribution in [0.3, 0.4) is 0 Å². The van der Waals surface area contributed by atoms with Crippen molar-refractivity contribution in [2.45, 2.75) is 5.22 Å². The van der Waals surface area contributed by atoms with E-state index in [-0.39, 0.29) is 18.2 Å². The van der Waals surface area contributed by atoms with Crippen LogP contribution in [0.15, 0.2) is 52.1 Å². The lowest BCUT2D eigenvalue weighted by molar-refractivity contribution is -0.122. The lowest BCUT2D eigenvalue weighted by atomic mass is 10.3. The summed E-state index contributed by atoms with van der Waals surface area (Å²) in [6, 6.07) is 10.4. The average Bonchev–Trinajstić information content (AvgIpc) is 3.02. The standard InChI is InChI=1S/C17H13ClFN3O3S/c18-10-1-6-13-14(7-10)25-17(22-13)26-9-16(24)20-8-15(23)21-12-4-2-11(19)3-5-12/h1-7H,8-9H2,(H,20,24)(H,21,23). The topological polar surface area (TPSA) is 84.2 Å². The van der Waals surface area contributed by atoms with Gasteiger partial charge < -0.3 is 15.1 Å². The van der Waals surface area contributed by atoms with Crippen molar-refractivity contribution in [3.05, 3.63) is 53.3 Å². The third kappa shape index (κ3) is 4.96. The smallest absolute Gasteiger partial charge is 0.257 e. The van der Waals surface area contributed by atoms with Crippen molar-refractivity contribution in [3.63, 3.8) is 0 Å². The van der Waals surface area contributed by atoms with E-state index in [2.05, 4.69) is 15.6 Å². The molecule has 0 atom stereocenters. The summed E-state index contributed by atoms with van der Waals surface area (Å²) in [6.07, 6.45) is 0. The summed E-state index contributed by atoms with van der Waals surface area (Å²) in [5.74, 6) is -1.10. The fourth-order valence-electron chi connectivity index (χ4n) is 2.03. The number of nitrogens with zero attached hydrogens (tertiary/aromatic N) is 1. The molecule has 0 aliphatic carbocycles. The first-order valence-electron chi connectivity index (χ1n) is 7.50. The Morgan fingerprint density at radius 1 is 1.15 bits per heavy atom. The summed E-state index contributed by atoms with van der Waals surface area (Å²) in [6.45, 7) is -0.195. The monoisotopic (exact) mass is 393 g/mol. The van der Waals surface area contributed by atoms with E-state index in [1.165, 1.54) is 24.3 Å². The van der Waals surface area contributed by atoms with Gasteiger partial charge in [0.15, 0.2) is 5.58 Å². The van der Waals surface area contributed by atoms with Crippen LogP contribution in [0.2, 0.25) is 5.02 Å². The molecule has 0 unspecified atom stereocenters. The summed E-state index contributed by atoms with van der Waals surface area (Å²) in [7, 11) is 0. The molecule has 0 aliphatic heterocycles. The van der Waals surface area contributed by atoms with E-state index in [1.807, 2.05) is 0 Å². The van der Waals surface area contributed by atoms with Gasteiger partial charge in [0.2, 0.25) is 11.8 Å². The molecule has 0 spiro atoms. The van der Waals surface area contributed by atoms with Crippen LogP contribution in [-0.2, 0) is 9.59 Å². The van der Waals surface area contributed by atoms with Crippen LogP contribution in [0.5, 0.6) is 0 Å². The van der Waals surface area contributed by atoms with Gasteiger partial charge in [-0.25, -0.2) is 9.37 Å². The molecule has 0 bridgehead atoms. The summed E-state index contributed by atoms with van der Waals surface area (Å²) < 4.78 is 18.3. The van der Waals surface area contributed by atoms with Gasteiger partial charge in [-0.2, -0.15) is 0 Å². The van der Waals surface area contributed by atoms with Crippen LogP contribution in [0.1, 0.15) is 0 Å². The summed E-state index contributed by atoms with van der Waals surface area (Å²) >= 11 is 6.99. The Labute approximate surface area is 157 Å². The SMILES string of the molecule is O=C(CSc1nc2ccc(Cl)cc2o1)NCC(=O)Nc1ccc(F)cc1. The van der Waals surface area contributed by atoms with Gasteiger partial charge in [-0.1, -0.05) is 23.4 Å². The number of amides is 2. The molecular formula is C17H13ClFN3O3S. The van der Waals surface area contributed by atoms with E-state index < -0.39 is 11.7 Å². The number of carbonyl (C=O) groups is 2.